The van der Waals surface area contributed by atoms with Crippen LogP contribution in [-0.4, -0.2) is 35.6 Å². The number of pyridine rings is 1. The largest absolute Gasteiger partial charge is 0.321 e. The molecule has 0 aliphatic carbocycles. The standard InChI is InChI=1S/C16H21N7O/c1-6-10-9(2)17-7-11-12(10)21-15(20-11)23-14(18-8-19-23)22-13(24)16(3,4)5/h7-8H,6H2,1-5H3,(H,20,21)(H,18,19,22,24). The third kappa shape index (κ3) is 2.75. The lowest BCUT2D eigenvalue weighted by Crippen LogP contribution is -2.29. The molecule has 0 bridgehead atoms. The molecule has 3 aromatic rings. The van der Waals surface area contributed by atoms with Gasteiger partial charge in [-0.1, -0.05) is 27.7 Å². The van der Waals surface area contributed by atoms with E-state index in [1.807, 2.05) is 27.7 Å². The van der Waals surface area contributed by atoms with Crippen LogP contribution in [0.3, 0.4) is 0 Å². The Bertz CT molecular complexity index is 901. The van der Waals surface area contributed by atoms with Crippen LogP contribution < -0.4 is 5.32 Å². The van der Waals surface area contributed by atoms with Gasteiger partial charge in [0.15, 0.2) is 0 Å². The number of hydrogen-bond donors (Lipinski definition) is 2. The zero-order valence-corrected chi connectivity index (χ0v) is 14.5. The van der Waals surface area contributed by atoms with Gasteiger partial charge >= 0.3 is 0 Å². The number of rotatable bonds is 3. The number of aromatic nitrogens is 6. The average Bonchev–Trinajstić information content (AvgIpc) is 3.12. The van der Waals surface area contributed by atoms with Gasteiger partial charge in [0.25, 0.3) is 0 Å². The Morgan fingerprint density at radius 3 is 2.75 bits per heavy atom. The maximum Gasteiger partial charge on any atom is 0.235 e. The molecule has 0 atom stereocenters. The Balaban J connectivity index is 2.03. The highest BCUT2D eigenvalue weighted by Crippen LogP contribution is 2.22. The summed E-state index contributed by atoms with van der Waals surface area (Å²) in [5.41, 5.74) is 3.22. The summed E-state index contributed by atoms with van der Waals surface area (Å²) < 4.78 is 1.48. The van der Waals surface area contributed by atoms with Crippen LogP contribution in [-0.2, 0) is 11.2 Å². The fourth-order valence-electron chi connectivity index (χ4n) is 2.40. The van der Waals surface area contributed by atoms with Gasteiger partial charge in [0, 0.05) is 16.7 Å². The number of imidazole rings is 1. The van der Waals surface area contributed by atoms with Gasteiger partial charge in [-0.25, -0.2) is 4.98 Å². The molecule has 2 N–H and O–H groups in total. The van der Waals surface area contributed by atoms with Crippen molar-refractivity contribution in [3.8, 4) is 5.95 Å². The summed E-state index contributed by atoms with van der Waals surface area (Å²) in [5.74, 6) is 0.685. The summed E-state index contributed by atoms with van der Waals surface area (Å²) in [6.45, 7) is 9.56. The van der Waals surface area contributed by atoms with Gasteiger partial charge in [0.1, 0.15) is 6.33 Å². The van der Waals surface area contributed by atoms with Gasteiger partial charge in [-0.15, -0.1) is 0 Å². The lowest BCUT2D eigenvalue weighted by Gasteiger charge is -2.16. The van der Waals surface area contributed by atoms with Crippen LogP contribution in [0.5, 0.6) is 0 Å². The van der Waals surface area contributed by atoms with E-state index >= 15 is 0 Å². The lowest BCUT2D eigenvalue weighted by atomic mass is 9.96. The first kappa shape index (κ1) is 16.1. The Morgan fingerprint density at radius 2 is 2.08 bits per heavy atom. The summed E-state index contributed by atoms with van der Waals surface area (Å²) in [5, 5.41) is 6.96. The second-order valence-corrected chi connectivity index (χ2v) is 6.70. The highest BCUT2D eigenvalue weighted by molar-refractivity contribution is 5.93. The van der Waals surface area contributed by atoms with E-state index in [1.165, 1.54) is 11.0 Å². The second kappa shape index (κ2) is 5.70. The molecule has 8 nitrogen and oxygen atoms in total. The summed E-state index contributed by atoms with van der Waals surface area (Å²) >= 11 is 0. The van der Waals surface area contributed by atoms with Crippen LogP contribution in [0.4, 0.5) is 5.95 Å². The van der Waals surface area contributed by atoms with E-state index < -0.39 is 5.41 Å². The normalized spacial score (nSPS) is 11.9. The lowest BCUT2D eigenvalue weighted by molar-refractivity contribution is -0.123. The monoisotopic (exact) mass is 327 g/mol. The van der Waals surface area contributed by atoms with Crippen LogP contribution >= 0.6 is 0 Å². The van der Waals surface area contributed by atoms with Crippen molar-refractivity contribution in [3.05, 3.63) is 23.8 Å². The number of carbonyl (C=O) groups is 1. The number of carbonyl (C=O) groups excluding carboxylic acids is 1. The number of nitrogens with one attached hydrogen (secondary N) is 2. The molecule has 126 valence electrons. The topological polar surface area (TPSA) is 101 Å². The molecule has 0 unspecified atom stereocenters. The molecule has 0 aliphatic heterocycles. The van der Waals surface area contributed by atoms with Crippen molar-refractivity contribution in [1.29, 1.82) is 0 Å². The van der Waals surface area contributed by atoms with Crippen molar-refractivity contribution in [3.63, 3.8) is 0 Å². The highest BCUT2D eigenvalue weighted by Gasteiger charge is 2.24. The zero-order chi connectivity index (χ0) is 17.5. The SMILES string of the molecule is CCc1c(C)ncc2[nH]c(-n3ncnc3NC(=O)C(C)(C)C)nc12. The second-order valence-electron chi connectivity index (χ2n) is 6.70. The number of aryl methyl sites for hydroxylation is 2. The minimum Gasteiger partial charge on any atom is -0.321 e. The van der Waals surface area contributed by atoms with E-state index in [1.54, 1.807) is 6.20 Å². The molecule has 3 heterocycles. The Labute approximate surface area is 139 Å². The number of aromatic amines is 1. The molecular weight excluding hydrogens is 306 g/mol. The molecule has 0 radical (unpaired) electrons. The third-order valence-corrected chi connectivity index (χ3v) is 3.84. The molecule has 0 saturated heterocycles. The fraction of sp³-hybridized carbons (Fsp3) is 0.438. The molecule has 24 heavy (non-hydrogen) atoms. The maximum absolute atomic E-state index is 12.2. The first-order valence-electron chi connectivity index (χ1n) is 7.87. The first-order chi connectivity index (χ1) is 11.3. The Hall–Kier alpha value is -2.77. The minimum absolute atomic E-state index is 0.139. The maximum atomic E-state index is 12.2. The van der Waals surface area contributed by atoms with Crippen molar-refractivity contribution in [2.24, 2.45) is 5.41 Å². The van der Waals surface area contributed by atoms with Crippen LogP contribution in [0.25, 0.3) is 17.0 Å². The van der Waals surface area contributed by atoms with Gasteiger partial charge in [-0.05, 0) is 13.3 Å². The molecule has 0 spiro atoms. The first-order valence-corrected chi connectivity index (χ1v) is 7.87. The Kier molecular flexibility index (Phi) is 3.82. The van der Waals surface area contributed by atoms with Gasteiger partial charge in [-0.2, -0.15) is 14.8 Å². The smallest absolute Gasteiger partial charge is 0.235 e. The van der Waals surface area contributed by atoms with Crippen LogP contribution in [0.15, 0.2) is 12.5 Å². The van der Waals surface area contributed by atoms with Crippen molar-refractivity contribution >= 4 is 22.9 Å². The Morgan fingerprint density at radius 1 is 1.33 bits per heavy atom. The molecule has 0 saturated carbocycles. The third-order valence-electron chi connectivity index (χ3n) is 3.84. The van der Waals surface area contributed by atoms with Gasteiger partial charge < -0.3 is 4.98 Å². The fourth-order valence-corrected chi connectivity index (χ4v) is 2.40. The van der Waals surface area contributed by atoms with Crippen LogP contribution in [0, 0.1) is 12.3 Å². The average molecular weight is 327 g/mol. The molecule has 0 fully saturated rings. The predicted octanol–water partition coefficient (Wildman–Crippen LogP) is 2.39. The van der Waals surface area contributed by atoms with E-state index in [0.717, 1.165) is 28.7 Å². The van der Waals surface area contributed by atoms with E-state index in [0.29, 0.717) is 11.9 Å². The molecule has 3 rings (SSSR count). The molecule has 1 amide bonds. The van der Waals surface area contributed by atoms with E-state index in [4.69, 9.17) is 0 Å². The number of anilines is 1. The summed E-state index contributed by atoms with van der Waals surface area (Å²) in [6, 6.07) is 0. The van der Waals surface area contributed by atoms with Gasteiger partial charge in [-0.3, -0.25) is 15.1 Å². The number of fused-ring (bicyclic) bond motifs is 1. The molecular formula is C16H21N7O. The molecule has 0 aromatic carbocycles. The summed E-state index contributed by atoms with van der Waals surface area (Å²) in [6.07, 6.45) is 3.98. The van der Waals surface area contributed by atoms with Crippen LogP contribution in [0.1, 0.15) is 39.0 Å². The van der Waals surface area contributed by atoms with Crippen molar-refractivity contribution in [2.45, 2.75) is 41.0 Å². The number of hydrogen-bond acceptors (Lipinski definition) is 5. The van der Waals surface area contributed by atoms with Crippen molar-refractivity contribution < 1.29 is 4.79 Å². The van der Waals surface area contributed by atoms with Gasteiger partial charge in [0.2, 0.25) is 17.8 Å². The van der Waals surface area contributed by atoms with E-state index in [-0.39, 0.29) is 5.91 Å². The molecule has 0 aliphatic rings. The number of amides is 1. The molecule has 3 aromatic heterocycles. The van der Waals surface area contributed by atoms with Crippen molar-refractivity contribution in [2.75, 3.05) is 5.32 Å². The minimum atomic E-state index is -0.527. The quantitative estimate of drug-likeness (QED) is 0.769. The van der Waals surface area contributed by atoms with E-state index in [9.17, 15) is 4.79 Å². The number of H-pyrrole nitrogens is 1. The predicted molar refractivity (Wildman–Crippen MR) is 91.0 cm³/mol. The summed E-state index contributed by atoms with van der Waals surface area (Å²) in [7, 11) is 0. The van der Waals surface area contributed by atoms with Crippen molar-refractivity contribution in [1.82, 2.24) is 29.7 Å². The van der Waals surface area contributed by atoms with Gasteiger partial charge in [0.05, 0.1) is 17.2 Å². The highest BCUT2D eigenvalue weighted by atomic mass is 16.2. The molecule has 8 heteroatoms. The zero-order valence-electron chi connectivity index (χ0n) is 14.5. The van der Waals surface area contributed by atoms with Crippen LogP contribution in [0.2, 0.25) is 0 Å². The summed E-state index contributed by atoms with van der Waals surface area (Å²) in [4.78, 5) is 28.5. The number of nitrogens with zero attached hydrogens (tertiary/aromatic N) is 5. The van der Waals surface area contributed by atoms with E-state index in [2.05, 4.69) is 37.3 Å².